The van der Waals surface area contributed by atoms with E-state index in [-0.39, 0.29) is 5.91 Å². The minimum Gasteiger partial charge on any atom is -0.354 e. The predicted molar refractivity (Wildman–Crippen MR) is 68.3 cm³/mol. The van der Waals surface area contributed by atoms with Gasteiger partial charge in [-0.2, -0.15) is 0 Å². The Kier molecular flexibility index (Phi) is 6.20. The highest BCUT2D eigenvalue weighted by Crippen LogP contribution is 2.21. The third kappa shape index (κ3) is 5.34. The molecule has 2 heteroatoms. The second kappa shape index (κ2) is 7.48. The van der Waals surface area contributed by atoms with Crippen LogP contribution in [0.5, 0.6) is 0 Å². The number of nitrogens with one attached hydrogen (secondary N) is 1. The Bertz CT molecular complexity index is 245. The summed E-state index contributed by atoms with van der Waals surface area (Å²) in [4.78, 5) is 11.6. The van der Waals surface area contributed by atoms with Crippen molar-refractivity contribution in [2.24, 2.45) is 0 Å². The quantitative estimate of drug-likeness (QED) is 0.685. The summed E-state index contributed by atoms with van der Waals surface area (Å²) in [7, 11) is 0. The van der Waals surface area contributed by atoms with Crippen molar-refractivity contribution in [1.82, 2.24) is 5.32 Å². The Balaban J connectivity index is 2.16. The van der Waals surface area contributed by atoms with E-state index in [4.69, 9.17) is 0 Å². The number of hydrogen-bond donors (Lipinski definition) is 1. The van der Waals surface area contributed by atoms with E-state index in [1.165, 1.54) is 31.3 Å². The van der Waals surface area contributed by atoms with E-state index in [0.29, 0.717) is 12.5 Å². The van der Waals surface area contributed by atoms with Crippen LogP contribution in [0.4, 0.5) is 0 Å². The fourth-order valence-electron chi connectivity index (χ4n) is 2.26. The lowest BCUT2D eigenvalue weighted by Crippen LogP contribution is -2.32. The van der Waals surface area contributed by atoms with Crippen molar-refractivity contribution in [1.29, 1.82) is 0 Å². The third-order valence-electron chi connectivity index (χ3n) is 3.19. The second-order valence-corrected chi connectivity index (χ2v) is 4.87. The fraction of sp³-hybridized carbons (Fsp3) is 0.786. The van der Waals surface area contributed by atoms with Crippen molar-refractivity contribution in [3.8, 4) is 0 Å². The topological polar surface area (TPSA) is 29.1 Å². The van der Waals surface area contributed by atoms with Gasteiger partial charge in [-0.15, -0.1) is 0 Å². The van der Waals surface area contributed by atoms with Crippen molar-refractivity contribution in [2.75, 3.05) is 0 Å². The molecule has 1 aliphatic carbocycles. The van der Waals surface area contributed by atoms with Crippen molar-refractivity contribution >= 4 is 5.91 Å². The van der Waals surface area contributed by atoms with E-state index in [9.17, 15) is 4.79 Å². The molecule has 0 aliphatic heterocycles. The minimum absolute atomic E-state index is 0.215. The van der Waals surface area contributed by atoms with Gasteiger partial charge in [0.25, 0.3) is 0 Å². The molecule has 1 atom stereocenters. The smallest absolute Gasteiger partial charge is 0.220 e. The summed E-state index contributed by atoms with van der Waals surface area (Å²) < 4.78 is 0. The minimum atomic E-state index is 0.215. The Morgan fingerprint density at radius 3 is 2.94 bits per heavy atom. The number of allylic oxidation sites excluding steroid dienone is 2. The first-order chi connectivity index (χ1) is 7.72. The van der Waals surface area contributed by atoms with Gasteiger partial charge in [0.15, 0.2) is 0 Å². The van der Waals surface area contributed by atoms with Crippen LogP contribution in [0.3, 0.4) is 0 Å². The molecule has 0 heterocycles. The molecule has 1 rings (SSSR count). The number of amides is 1. The van der Waals surface area contributed by atoms with Crippen LogP contribution in [0.1, 0.15) is 65.2 Å². The van der Waals surface area contributed by atoms with Crippen LogP contribution in [-0.2, 0) is 4.79 Å². The highest BCUT2D eigenvalue weighted by molar-refractivity contribution is 5.76. The molecule has 1 N–H and O–H groups in total. The summed E-state index contributed by atoms with van der Waals surface area (Å²) in [5, 5.41) is 3.05. The Labute approximate surface area is 99.5 Å². The van der Waals surface area contributed by atoms with Crippen LogP contribution in [0, 0.1) is 0 Å². The third-order valence-corrected chi connectivity index (χ3v) is 3.19. The van der Waals surface area contributed by atoms with Gasteiger partial charge in [-0.1, -0.05) is 25.0 Å². The summed E-state index contributed by atoms with van der Waals surface area (Å²) in [5.74, 6) is 0.215. The zero-order valence-corrected chi connectivity index (χ0v) is 10.7. The normalized spacial score (nSPS) is 17.8. The Morgan fingerprint density at radius 1 is 1.50 bits per heavy atom. The average Bonchev–Trinajstić information content (AvgIpc) is 2.28. The van der Waals surface area contributed by atoms with Crippen LogP contribution < -0.4 is 5.32 Å². The van der Waals surface area contributed by atoms with Gasteiger partial charge in [0, 0.05) is 12.5 Å². The number of hydrogen-bond acceptors (Lipinski definition) is 1. The number of rotatable bonds is 6. The maximum atomic E-state index is 11.6. The second-order valence-electron chi connectivity index (χ2n) is 4.87. The number of carbonyl (C=O) groups is 1. The largest absolute Gasteiger partial charge is 0.354 e. The lowest BCUT2D eigenvalue weighted by molar-refractivity contribution is -0.121. The molecule has 1 unspecified atom stereocenters. The van der Waals surface area contributed by atoms with Crippen LogP contribution in [0.25, 0.3) is 0 Å². The lowest BCUT2D eigenvalue weighted by atomic mass is 9.96. The zero-order chi connectivity index (χ0) is 11.8. The first kappa shape index (κ1) is 13.3. The van der Waals surface area contributed by atoms with Crippen LogP contribution in [0.15, 0.2) is 11.6 Å². The molecule has 0 fully saturated rings. The van der Waals surface area contributed by atoms with Crippen molar-refractivity contribution < 1.29 is 4.79 Å². The molecule has 0 aromatic carbocycles. The molecule has 16 heavy (non-hydrogen) atoms. The molecule has 2 nitrogen and oxygen atoms in total. The van der Waals surface area contributed by atoms with E-state index in [2.05, 4.69) is 25.2 Å². The standard InChI is InChI=1S/C14H25NO/c1-3-7-12(2)15-14(16)11-10-13-8-5-4-6-9-13/h8,12H,3-7,9-11H2,1-2H3,(H,15,16). The lowest BCUT2D eigenvalue weighted by Gasteiger charge is -2.15. The zero-order valence-electron chi connectivity index (χ0n) is 10.7. The summed E-state index contributed by atoms with van der Waals surface area (Å²) in [5.41, 5.74) is 1.49. The monoisotopic (exact) mass is 223 g/mol. The van der Waals surface area contributed by atoms with E-state index in [1.54, 1.807) is 0 Å². The van der Waals surface area contributed by atoms with Crippen molar-refractivity contribution in [3.63, 3.8) is 0 Å². The van der Waals surface area contributed by atoms with E-state index in [1.807, 2.05) is 0 Å². The van der Waals surface area contributed by atoms with Gasteiger partial charge in [0.05, 0.1) is 0 Å². The molecular formula is C14H25NO. The molecule has 0 aromatic rings. The van der Waals surface area contributed by atoms with Gasteiger partial charge < -0.3 is 5.32 Å². The fourth-order valence-corrected chi connectivity index (χ4v) is 2.26. The molecular weight excluding hydrogens is 198 g/mol. The van der Waals surface area contributed by atoms with Gasteiger partial charge >= 0.3 is 0 Å². The van der Waals surface area contributed by atoms with Gasteiger partial charge in [0.2, 0.25) is 5.91 Å². The van der Waals surface area contributed by atoms with Crippen molar-refractivity contribution in [2.45, 2.75) is 71.3 Å². The molecule has 0 bridgehead atoms. The molecule has 1 aliphatic rings. The molecule has 0 spiro atoms. The average molecular weight is 223 g/mol. The van der Waals surface area contributed by atoms with Crippen LogP contribution in [0.2, 0.25) is 0 Å². The SMILES string of the molecule is CCCC(C)NC(=O)CCC1=CCCCC1. The highest BCUT2D eigenvalue weighted by atomic mass is 16.1. The maximum absolute atomic E-state index is 11.6. The maximum Gasteiger partial charge on any atom is 0.220 e. The predicted octanol–water partition coefficient (Wildman–Crippen LogP) is 3.57. The van der Waals surface area contributed by atoms with E-state index >= 15 is 0 Å². The molecule has 1 amide bonds. The van der Waals surface area contributed by atoms with Crippen molar-refractivity contribution in [3.05, 3.63) is 11.6 Å². The molecule has 0 radical (unpaired) electrons. The van der Waals surface area contributed by atoms with Crippen LogP contribution >= 0.6 is 0 Å². The molecule has 0 aromatic heterocycles. The molecule has 0 saturated carbocycles. The molecule has 0 saturated heterocycles. The van der Waals surface area contributed by atoms with Gasteiger partial charge in [-0.25, -0.2) is 0 Å². The van der Waals surface area contributed by atoms with E-state index in [0.717, 1.165) is 19.3 Å². The summed E-state index contributed by atoms with van der Waals surface area (Å²) in [6.45, 7) is 4.23. The first-order valence-corrected chi connectivity index (χ1v) is 6.69. The van der Waals surface area contributed by atoms with E-state index < -0.39 is 0 Å². The first-order valence-electron chi connectivity index (χ1n) is 6.69. The summed E-state index contributed by atoms with van der Waals surface area (Å²) in [6.07, 6.45) is 11.2. The van der Waals surface area contributed by atoms with Gasteiger partial charge in [0.1, 0.15) is 0 Å². The highest BCUT2D eigenvalue weighted by Gasteiger charge is 2.09. The molecule has 92 valence electrons. The Hall–Kier alpha value is -0.790. The summed E-state index contributed by atoms with van der Waals surface area (Å²) >= 11 is 0. The van der Waals surface area contributed by atoms with Crippen LogP contribution in [-0.4, -0.2) is 11.9 Å². The Morgan fingerprint density at radius 2 is 2.31 bits per heavy atom. The number of carbonyl (C=O) groups excluding carboxylic acids is 1. The van der Waals surface area contributed by atoms with Gasteiger partial charge in [-0.3, -0.25) is 4.79 Å². The van der Waals surface area contributed by atoms with Gasteiger partial charge in [-0.05, 0) is 45.4 Å². The summed E-state index contributed by atoms with van der Waals surface area (Å²) in [6, 6.07) is 0.331.